The van der Waals surface area contributed by atoms with Crippen molar-refractivity contribution < 1.29 is 4.39 Å². The monoisotopic (exact) mass is 279 g/mol. The van der Waals surface area contributed by atoms with Gasteiger partial charge in [0.15, 0.2) is 0 Å². The van der Waals surface area contributed by atoms with Gasteiger partial charge in [0.1, 0.15) is 0 Å². The Morgan fingerprint density at radius 3 is 2.50 bits per heavy atom. The molecule has 1 aromatic heterocycles. The van der Waals surface area contributed by atoms with Crippen LogP contribution in [0.2, 0.25) is 0 Å². The molecule has 20 heavy (non-hydrogen) atoms. The highest BCUT2D eigenvalue weighted by molar-refractivity contribution is 5.14. The van der Waals surface area contributed by atoms with Crippen LogP contribution in [0, 0.1) is 5.95 Å². The number of pyridine rings is 1. The first-order valence-corrected chi connectivity index (χ1v) is 7.41. The predicted octanol–water partition coefficient (Wildman–Crippen LogP) is 3.09. The quantitative estimate of drug-likeness (QED) is 0.776. The average Bonchev–Trinajstić information content (AvgIpc) is 2.37. The molecule has 0 aromatic carbocycles. The zero-order valence-electron chi connectivity index (χ0n) is 13.2. The highest BCUT2D eigenvalue weighted by Crippen LogP contribution is 2.27. The van der Waals surface area contributed by atoms with Crippen molar-refractivity contribution >= 4 is 0 Å². The average molecular weight is 279 g/mol. The van der Waals surface area contributed by atoms with Gasteiger partial charge in [-0.2, -0.15) is 4.39 Å². The van der Waals surface area contributed by atoms with Crippen molar-refractivity contribution in [3.8, 4) is 0 Å². The number of aromatic nitrogens is 1. The summed E-state index contributed by atoms with van der Waals surface area (Å²) < 4.78 is 12.9. The topological polar surface area (TPSA) is 19.4 Å². The summed E-state index contributed by atoms with van der Waals surface area (Å²) in [7, 11) is 0. The Labute approximate surface area is 121 Å². The first-order valence-electron chi connectivity index (χ1n) is 7.41. The molecular weight excluding hydrogens is 253 g/mol. The molecule has 0 radical (unpaired) electrons. The summed E-state index contributed by atoms with van der Waals surface area (Å²) in [5.74, 6) is -0.411. The van der Waals surface area contributed by atoms with Crippen LogP contribution in [-0.2, 0) is 0 Å². The molecule has 112 valence electrons. The molecule has 1 aromatic rings. The van der Waals surface area contributed by atoms with Crippen molar-refractivity contribution in [2.24, 2.45) is 0 Å². The summed E-state index contributed by atoms with van der Waals surface area (Å²) in [5, 5.41) is 0. The molecule has 0 saturated carbocycles. The van der Waals surface area contributed by atoms with E-state index in [4.69, 9.17) is 0 Å². The van der Waals surface area contributed by atoms with Crippen LogP contribution in [0.25, 0.3) is 0 Å². The third-order valence-electron chi connectivity index (χ3n) is 4.36. The molecule has 1 aliphatic rings. The summed E-state index contributed by atoms with van der Waals surface area (Å²) in [4.78, 5) is 8.79. The minimum atomic E-state index is -0.411. The molecule has 0 bridgehead atoms. The van der Waals surface area contributed by atoms with E-state index in [0.29, 0.717) is 6.04 Å². The Bertz CT molecular complexity index is 438. The first kappa shape index (κ1) is 15.4. The Morgan fingerprint density at radius 2 is 2.00 bits per heavy atom. The van der Waals surface area contributed by atoms with Gasteiger partial charge in [-0.05, 0) is 46.2 Å². The van der Waals surface area contributed by atoms with Gasteiger partial charge in [0.25, 0.3) is 0 Å². The molecule has 2 atom stereocenters. The summed E-state index contributed by atoms with van der Waals surface area (Å²) in [5.41, 5.74) is 1.31. The summed E-state index contributed by atoms with van der Waals surface area (Å²) in [6.45, 7) is 14.4. The molecule has 1 aliphatic heterocycles. The van der Waals surface area contributed by atoms with E-state index in [0.717, 1.165) is 25.2 Å². The van der Waals surface area contributed by atoms with Crippen LogP contribution < -0.4 is 0 Å². The first-order chi connectivity index (χ1) is 9.29. The van der Waals surface area contributed by atoms with Crippen LogP contribution in [0.4, 0.5) is 4.39 Å². The van der Waals surface area contributed by atoms with E-state index in [1.807, 2.05) is 6.07 Å². The van der Waals surface area contributed by atoms with Gasteiger partial charge in [-0.1, -0.05) is 6.07 Å². The zero-order valence-corrected chi connectivity index (χ0v) is 13.2. The standard InChI is InChI=1S/C16H26FN3/c1-12-11-19(16(3,4)5)8-9-20(12)13(2)14-6-7-15(17)18-10-14/h6-7,10,12-13H,8-9,11H2,1-5H3/t12-,13?/m1/s1. The van der Waals surface area contributed by atoms with Crippen LogP contribution in [0.1, 0.15) is 46.2 Å². The largest absolute Gasteiger partial charge is 0.296 e. The van der Waals surface area contributed by atoms with E-state index in [1.165, 1.54) is 6.07 Å². The molecule has 0 aliphatic carbocycles. The normalized spacial score (nSPS) is 23.8. The van der Waals surface area contributed by atoms with Crippen molar-refractivity contribution in [1.29, 1.82) is 0 Å². The number of halogens is 1. The zero-order chi connectivity index (χ0) is 14.9. The lowest BCUT2D eigenvalue weighted by atomic mass is 10.00. The molecule has 0 N–H and O–H groups in total. The molecule has 0 spiro atoms. The summed E-state index contributed by atoms with van der Waals surface area (Å²) in [6.07, 6.45) is 1.66. The van der Waals surface area contributed by atoms with Crippen molar-refractivity contribution in [3.63, 3.8) is 0 Å². The Hall–Kier alpha value is -1.00. The lowest BCUT2D eigenvalue weighted by Gasteiger charge is -2.47. The van der Waals surface area contributed by atoms with Crippen LogP contribution >= 0.6 is 0 Å². The van der Waals surface area contributed by atoms with E-state index >= 15 is 0 Å². The smallest absolute Gasteiger partial charge is 0.212 e. The molecule has 1 saturated heterocycles. The lowest BCUT2D eigenvalue weighted by Crippen LogP contribution is -2.57. The van der Waals surface area contributed by atoms with Crippen LogP contribution in [-0.4, -0.2) is 46.0 Å². The number of hydrogen-bond donors (Lipinski definition) is 0. The maximum Gasteiger partial charge on any atom is 0.212 e. The Kier molecular flexibility index (Phi) is 4.45. The molecule has 0 amide bonds. The minimum Gasteiger partial charge on any atom is -0.296 e. The minimum absolute atomic E-state index is 0.223. The van der Waals surface area contributed by atoms with Crippen molar-refractivity contribution in [3.05, 3.63) is 29.8 Å². The van der Waals surface area contributed by atoms with E-state index in [2.05, 4.69) is 49.4 Å². The van der Waals surface area contributed by atoms with Crippen molar-refractivity contribution in [1.82, 2.24) is 14.8 Å². The van der Waals surface area contributed by atoms with Gasteiger partial charge in [-0.15, -0.1) is 0 Å². The molecule has 2 rings (SSSR count). The molecule has 1 fully saturated rings. The predicted molar refractivity (Wildman–Crippen MR) is 80.1 cm³/mol. The number of piperazine rings is 1. The summed E-state index contributed by atoms with van der Waals surface area (Å²) in [6, 6.07) is 4.06. The van der Waals surface area contributed by atoms with Gasteiger partial charge in [-0.25, -0.2) is 4.98 Å². The highest BCUT2D eigenvalue weighted by atomic mass is 19.1. The number of rotatable bonds is 2. The summed E-state index contributed by atoms with van der Waals surface area (Å²) >= 11 is 0. The van der Waals surface area contributed by atoms with Gasteiger partial charge in [0, 0.05) is 43.5 Å². The second-order valence-electron chi connectivity index (χ2n) is 6.79. The third kappa shape index (κ3) is 3.36. The number of nitrogens with zero attached hydrogens (tertiary/aromatic N) is 3. The maximum atomic E-state index is 12.9. The maximum absolute atomic E-state index is 12.9. The molecule has 1 unspecified atom stereocenters. The van der Waals surface area contributed by atoms with Crippen LogP contribution in [0.5, 0.6) is 0 Å². The molecular formula is C16H26FN3. The van der Waals surface area contributed by atoms with Gasteiger partial charge >= 0.3 is 0 Å². The van der Waals surface area contributed by atoms with Gasteiger partial charge in [0.05, 0.1) is 0 Å². The molecule has 4 heteroatoms. The fraction of sp³-hybridized carbons (Fsp3) is 0.688. The fourth-order valence-electron chi connectivity index (χ4n) is 2.98. The Morgan fingerprint density at radius 1 is 1.30 bits per heavy atom. The fourth-order valence-corrected chi connectivity index (χ4v) is 2.98. The third-order valence-corrected chi connectivity index (χ3v) is 4.36. The second kappa shape index (κ2) is 5.78. The van der Waals surface area contributed by atoms with Crippen molar-refractivity contribution in [2.75, 3.05) is 19.6 Å². The van der Waals surface area contributed by atoms with Gasteiger partial charge < -0.3 is 0 Å². The molecule has 3 nitrogen and oxygen atoms in total. The Balaban J connectivity index is 2.05. The second-order valence-corrected chi connectivity index (χ2v) is 6.79. The van der Waals surface area contributed by atoms with Crippen LogP contribution in [0.15, 0.2) is 18.3 Å². The van der Waals surface area contributed by atoms with E-state index < -0.39 is 5.95 Å². The van der Waals surface area contributed by atoms with E-state index in [9.17, 15) is 4.39 Å². The number of hydrogen-bond acceptors (Lipinski definition) is 3. The van der Waals surface area contributed by atoms with Crippen LogP contribution in [0.3, 0.4) is 0 Å². The van der Waals surface area contributed by atoms with Gasteiger partial charge in [0.2, 0.25) is 5.95 Å². The highest BCUT2D eigenvalue weighted by Gasteiger charge is 2.32. The SMILES string of the molecule is CC(c1ccc(F)nc1)N1CCN(C(C)(C)C)C[C@H]1C. The van der Waals surface area contributed by atoms with Crippen molar-refractivity contribution in [2.45, 2.75) is 52.2 Å². The molecule has 2 heterocycles. The van der Waals surface area contributed by atoms with Gasteiger partial charge in [-0.3, -0.25) is 9.80 Å². The lowest BCUT2D eigenvalue weighted by molar-refractivity contribution is 0.00946. The van der Waals surface area contributed by atoms with E-state index in [-0.39, 0.29) is 11.6 Å². The van der Waals surface area contributed by atoms with E-state index in [1.54, 1.807) is 6.20 Å².